The minimum atomic E-state index is -3.71. The number of anilines is 1. The summed E-state index contributed by atoms with van der Waals surface area (Å²) < 4.78 is 27.2. The summed E-state index contributed by atoms with van der Waals surface area (Å²) in [6, 6.07) is 5.97. The lowest BCUT2D eigenvalue weighted by atomic mass is 10.2. The minimum absolute atomic E-state index is 0.213. The molecule has 1 saturated heterocycles. The predicted molar refractivity (Wildman–Crippen MR) is 105 cm³/mol. The van der Waals surface area contributed by atoms with Crippen LogP contribution in [0.3, 0.4) is 0 Å². The fourth-order valence-corrected chi connectivity index (χ4v) is 5.50. The van der Waals surface area contributed by atoms with Crippen molar-refractivity contribution in [3.63, 3.8) is 0 Å². The number of nitrogens with zero attached hydrogens (tertiary/aromatic N) is 3. The molecule has 1 aromatic carbocycles. The topological polar surface area (TPSA) is 92.3 Å². The number of carbonyl (C=O) groups excluding carboxylic acids is 1. The monoisotopic (exact) mass is 408 g/mol. The van der Waals surface area contributed by atoms with E-state index in [0.29, 0.717) is 24.5 Å². The molecular weight excluding hydrogens is 384 g/mol. The summed E-state index contributed by atoms with van der Waals surface area (Å²) in [6.07, 6.45) is 4.07. The summed E-state index contributed by atoms with van der Waals surface area (Å²) in [7, 11) is -3.71. The number of aromatic nitrogens is 2. The summed E-state index contributed by atoms with van der Waals surface area (Å²) in [6.45, 7) is 4.35. The van der Waals surface area contributed by atoms with Gasteiger partial charge in [-0.2, -0.15) is 4.31 Å². The van der Waals surface area contributed by atoms with E-state index in [9.17, 15) is 13.2 Å². The standard InChI is InChI=1S/C18H24N4O3S2/c1-3-4-7-16-20-21-18(26-16)19-17(23)15-6-5-12-22(15)27(24,25)14-10-8-13(2)9-11-14/h8-11,15H,3-7,12H2,1-2H3,(H,19,21,23)/t15-/m0/s1. The van der Waals surface area contributed by atoms with Gasteiger partial charge in [0.15, 0.2) is 0 Å². The van der Waals surface area contributed by atoms with Gasteiger partial charge in [-0.05, 0) is 38.3 Å². The normalized spacial score (nSPS) is 17.9. The molecule has 0 spiro atoms. The number of unbranched alkanes of at least 4 members (excludes halogenated alkanes) is 1. The van der Waals surface area contributed by atoms with Crippen molar-refractivity contribution in [2.75, 3.05) is 11.9 Å². The van der Waals surface area contributed by atoms with Gasteiger partial charge >= 0.3 is 0 Å². The molecule has 2 aromatic rings. The highest BCUT2D eigenvalue weighted by Gasteiger charge is 2.39. The second kappa shape index (κ2) is 8.45. The van der Waals surface area contributed by atoms with Crippen LogP contribution in [0.2, 0.25) is 0 Å². The van der Waals surface area contributed by atoms with Crippen LogP contribution < -0.4 is 5.32 Å². The van der Waals surface area contributed by atoms with Crippen LogP contribution in [0.15, 0.2) is 29.2 Å². The second-order valence-corrected chi connectivity index (χ2v) is 9.63. The number of sulfonamides is 1. The molecule has 3 rings (SSSR count). The molecule has 2 heterocycles. The fourth-order valence-electron chi connectivity index (χ4n) is 3.06. The predicted octanol–water partition coefficient (Wildman–Crippen LogP) is 2.98. The van der Waals surface area contributed by atoms with Gasteiger partial charge in [-0.15, -0.1) is 10.2 Å². The van der Waals surface area contributed by atoms with Crippen LogP contribution in [0, 0.1) is 6.92 Å². The molecule has 0 bridgehead atoms. The van der Waals surface area contributed by atoms with Gasteiger partial charge in [-0.1, -0.05) is 42.4 Å². The molecule has 7 nitrogen and oxygen atoms in total. The average molecular weight is 409 g/mol. The Bertz CT molecular complexity index is 894. The summed E-state index contributed by atoms with van der Waals surface area (Å²) >= 11 is 1.34. The van der Waals surface area contributed by atoms with E-state index in [-0.39, 0.29) is 10.8 Å². The minimum Gasteiger partial charge on any atom is -0.299 e. The van der Waals surface area contributed by atoms with Crippen molar-refractivity contribution in [2.45, 2.75) is 56.9 Å². The Labute approximate surface area is 163 Å². The van der Waals surface area contributed by atoms with Gasteiger partial charge < -0.3 is 0 Å². The Morgan fingerprint density at radius 1 is 1.30 bits per heavy atom. The van der Waals surface area contributed by atoms with E-state index in [1.165, 1.54) is 15.6 Å². The number of carbonyl (C=O) groups is 1. The van der Waals surface area contributed by atoms with E-state index >= 15 is 0 Å². The molecule has 1 aliphatic heterocycles. The van der Waals surface area contributed by atoms with E-state index in [2.05, 4.69) is 22.4 Å². The Balaban J connectivity index is 1.72. The molecule has 0 unspecified atom stereocenters. The first kappa shape index (κ1) is 19.9. The van der Waals surface area contributed by atoms with Crippen LogP contribution in [0.5, 0.6) is 0 Å². The molecule has 1 amide bonds. The lowest BCUT2D eigenvalue weighted by molar-refractivity contribution is -0.119. The van der Waals surface area contributed by atoms with Crippen LogP contribution >= 0.6 is 11.3 Å². The van der Waals surface area contributed by atoms with E-state index in [1.807, 2.05) is 6.92 Å². The zero-order valence-corrected chi connectivity index (χ0v) is 17.1. The van der Waals surface area contributed by atoms with Crippen molar-refractivity contribution in [1.29, 1.82) is 0 Å². The van der Waals surface area contributed by atoms with Crippen LogP contribution in [0.1, 0.15) is 43.2 Å². The van der Waals surface area contributed by atoms with Crippen molar-refractivity contribution >= 4 is 32.4 Å². The maximum absolute atomic E-state index is 13.0. The van der Waals surface area contributed by atoms with E-state index in [4.69, 9.17) is 0 Å². The third-order valence-electron chi connectivity index (χ3n) is 4.58. The first-order chi connectivity index (χ1) is 12.9. The van der Waals surface area contributed by atoms with Crippen LogP contribution in [0.4, 0.5) is 5.13 Å². The molecule has 27 heavy (non-hydrogen) atoms. The Morgan fingerprint density at radius 2 is 2.04 bits per heavy atom. The Kier molecular flexibility index (Phi) is 6.23. The molecule has 0 aliphatic carbocycles. The van der Waals surface area contributed by atoms with Crippen molar-refractivity contribution < 1.29 is 13.2 Å². The summed E-state index contributed by atoms with van der Waals surface area (Å²) in [5, 5.41) is 12.1. The molecule has 1 fully saturated rings. The number of amides is 1. The Hall–Kier alpha value is -1.84. The van der Waals surface area contributed by atoms with E-state index in [1.54, 1.807) is 24.3 Å². The highest BCUT2D eigenvalue weighted by Crippen LogP contribution is 2.27. The van der Waals surface area contributed by atoms with Crippen molar-refractivity contribution in [3.05, 3.63) is 34.8 Å². The molecule has 0 radical (unpaired) electrons. The van der Waals surface area contributed by atoms with Crippen molar-refractivity contribution in [1.82, 2.24) is 14.5 Å². The summed E-state index contributed by atoms with van der Waals surface area (Å²) in [5.41, 5.74) is 0.986. The number of hydrogen-bond donors (Lipinski definition) is 1. The SMILES string of the molecule is CCCCc1nnc(NC(=O)[C@@H]2CCCN2S(=O)(=O)c2ccc(C)cc2)s1. The van der Waals surface area contributed by atoms with Crippen molar-refractivity contribution in [2.24, 2.45) is 0 Å². The first-order valence-corrected chi connectivity index (χ1v) is 11.4. The third-order valence-corrected chi connectivity index (χ3v) is 7.40. The van der Waals surface area contributed by atoms with Gasteiger partial charge in [0.05, 0.1) is 4.90 Å². The lowest BCUT2D eigenvalue weighted by Crippen LogP contribution is -2.43. The number of rotatable bonds is 7. The van der Waals surface area contributed by atoms with E-state index in [0.717, 1.165) is 29.8 Å². The molecule has 146 valence electrons. The lowest BCUT2D eigenvalue weighted by Gasteiger charge is -2.23. The Morgan fingerprint density at radius 3 is 2.74 bits per heavy atom. The highest BCUT2D eigenvalue weighted by atomic mass is 32.2. The summed E-state index contributed by atoms with van der Waals surface area (Å²) in [5.74, 6) is -0.346. The van der Waals surface area contributed by atoms with Crippen molar-refractivity contribution in [3.8, 4) is 0 Å². The molecule has 1 aliphatic rings. The van der Waals surface area contributed by atoms with Gasteiger partial charge in [0.25, 0.3) is 0 Å². The third kappa shape index (κ3) is 4.53. The van der Waals surface area contributed by atoms with Gasteiger partial charge in [0, 0.05) is 13.0 Å². The zero-order valence-electron chi connectivity index (χ0n) is 15.5. The van der Waals surface area contributed by atoms with Gasteiger partial charge in [0.1, 0.15) is 11.0 Å². The highest BCUT2D eigenvalue weighted by molar-refractivity contribution is 7.89. The zero-order chi connectivity index (χ0) is 19.4. The molecule has 9 heteroatoms. The summed E-state index contributed by atoms with van der Waals surface area (Å²) in [4.78, 5) is 12.9. The maximum atomic E-state index is 13.0. The number of nitrogens with one attached hydrogen (secondary N) is 1. The first-order valence-electron chi connectivity index (χ1n) is 9.13. The van der Waals surface area contributed by atoms with Crippen LogP contribution in [-0.2, 0) is 21.2 Å². The van der Waals surface area contributed by atoms with E-state index < -0.39 is 16.1 Å². The van der Waals surface area contributed by atoms with Crippen LogP contribution in [0.25, 0.3) is 0 Å². The number of benzene rings is 1. The maximum Gasteiger partial charge on any atom is 0.244 e. The average Bonchev–Trinajstić information content (AvgIpc) is 3.30. The number of aryl methyl sites for hydroxylation is 2. The fraction of sp³-hybridized carbons (Fsp3) is 0.500. The molecular formula is C18H24N4O3S2. The quantitative estimate of drug-likeness (QED) is 0.760. The molecule has 0 saturated carbocycles. The smallest absolute Gasteiger partial charge is 0.244 e. The largest absolute Gasteiger partial charge is 0.299 e. The molecule has 1 atom stereocenters. The van der Waals surface area contributed by atoms with Crippen LogP contribution in [-0.4, -0.2) is 41.4 Å². The van der Waals surface area contributed by atoms with Gasteiger partial charge in [-0.25, -0.2) is 8.42 Å². The van der Waals surface area contributed by atoms with Gasteiger partial charge in [0.2, 0.25) is 21.1 Å². The molecule has 1 aromatic heterocycles. The molecule has 1 N–H and O–H groups in total. The number of hydrogen-bond acceptors (Lipinski definition) is 6. The van der Waals surface area contributed by atoms with Gasteiger partial charge in [-0.3, -0.25) is 10.1 Å². The second-order valence-electron chi connectivity index (χ2n) is 6.68.